The average molecular weight is 759 g/mol. The first-order valence-electron chi connectivity index (χ1n) is 22.7. The van der Waals surface area contributed by atoms with E-state index in [2.05, 4.69) is 62.5 Å². The Balaban J connectivity index is 3.47. The molecule has 0 spiro atoms. The van der Waals surface area contributed by atoms with Crippen molar-refractivity contribution in [2.75, 3.05) is 19.8 Å². The highest BCUT2D eigenvalue weighted by Gasteiger charge is 2.12. The average Bonchev–Trinajstić information content (AvgIpc) is 3.17. The number of aliphatic hydroxyl groups is 2. The Labute approximate surface area is 333 Å². The minimum Gasteiger partial charge on any atom is -0.463 e. The number of ether oxygens (including phenoxy) is 2. The first-order valence-corrected chi connectivity index (χ1v) is 22.7. The van der Waals surface area contributed by atoms with E-state index in [9.17, 15) is 14.7 Å². The van der Waals surface area contributed by atoms with Gasteiger partial charge in [0, 0.05) is 19.4 Å². The molecule has 0 fully saturated rings. The van der Waals surface area contributed by atoms with Crippen LogP contribution < -0.4 is 0 Å². The third kappa shape index (κ3) is 42.6. The Morgan fingerprint density at radius 1 is 0.481 bits per heavy atom. The summed E-state index contributed by atoms with van der Waals surface area (Å²) < 4.78 is 10.3. The van der Waals surface area contributed by atoms with Crippen LogP contribution in [-0.4, -0.2) is 48.1 Å². The summed E-state index contributed by atoms with van der Waals surface area (Å²) in [5, 5.41) is 18.8. The third-order valence-corrected chi connectivity index (χ3v) is 10.2. The number of carbonyl (C=O) groups is 2. The molecule has 0 aliphatic rings. The number of hydrogen-bond acceptors (Lipinski definition) is 6. The van der Waals surface area contributed by atoms with E-state index in [0.717, 1.165) is 76.5 Å². The van der Waals surface area contributed by atoms with Gasteiger partial charge in [0.15, 0.2) is 0 Å². The molecule has 0 aromatic carbocycles. The highest BCUT2D eigenvalue weighted by atomic mass is 16.6. The zero-order valence-corrected chi connectivity index (χ0v) is 35.3. The molecule has 0 saturated heterocycles. The molecule has 0 bridgehead atoms. The van der Waals surface area contributed by atoms with Crippen molar-refractivity contribution in [1.82, 2.24) is 0 Å². The maximum Gasteiger partial charge on any atom is 0.305 e. The maximum atomic E-state index is 12.0. The minimum absolute atomic E-state index is 0.138. The number of aliphatic hydroxyl groups excluding tert-OH is 2. The van der Waals surface area contributed by atoms with Crippen molar-refractivity contribution in [3.05, 3.63) is 48.6 Å². The van der Waals surface area contributed by atoms with E-state index in [4.69, 9.17) is 14.6 Å². The van der Waals surface area contributed by atoms with Crippen LogP contribution in [0.2, 0.25) is 0 Å². The molecule has 2 N–H and O–H groups in total. The zero-order chi connectivity index (χ0) is 39.4. The molecule has 6 heteroatoms. The van der Waals surface area contributed by atoms with Gasteiger partial charge in [-0.15, -0.1) is 0 Å². The fourth-order valence-electron chi connectivity index (χ4n) is 6.33. The van der Waals surface area contributed by atoms with Crippen LogP contribution in [0, 0.1) is 5.92 Å². The summed E-state index contributed by atoms with van der Waals surface area (Å²) in [5.74, 6) is 0.274. The fraction of sp³-hybridized carbons (Fsp3) is 0.792. The third-order valence-electron chi connectivity index (χ3n) is 10.2. The van der Waals surface area contributed by atoms with Gasteiger partial charge in [-0.25, -0.2) is 0 Å². The van der Waals surface area contributed by atoms with Gasteiger partial charge in [0.2, 0.25) is 0 Å². The van der Waals surface area contributed by atoms with Gasteiger partial charge in [0.05, 0.1) is 0 Å². The van der Waals surface area contributed by atoms with Gasteiger partial charge >= 0.3 is 11.9 Å². The predicted molar refractivity (Wildman–Crippen MR) is 230 cm³/mol. The summed E-state index contributed by atoms with van der Waals surface area (Å²) in [7, 11) is 0. The first-order chi connectivity index (χ1) is 26.5. The summed E-state index contributed by atoms with van der Waals surface area (Å²) in [6.45, 7) is 4.69. The van der Waals surface area contributed by atoms with Crippen LogP contribution in [0.4, 0.5) is 0 Å². The fourth-order valence-corrected chi connectivity index (χ4v) is 6.33. The van der Waals surface area contributed by atoms with Crippen LogP contribution in [0.3, 0.4) is 0 Å². The van der Waals surface area contributed by atoms with Crippen molar-refractivity contribution < 1.29 is 29.3 Å². The number of rotatable bonds is 41. The van der Waals surface area contributed by atoms with Crippen molar-refractivity contribution >= 4 is 11.9 Å². The van der Waals surface area contributed by atoms with Crippen LogP contribution >= 0.6 is 0 Å². The lowest BCUT2D eigenvalue weighted by molar-refractivity contribution is -0.152. The Kier molecular flexibility index (Phi) is 41.8. The number of carbonyl (C=O) groups excluding carboxylic acids is 2. The van der Waals surface area contributed by atoms with Gasteiger partial charge in [-0.3, -0.25) is 9.59 Å². The zero-order valence-electron chi connectivity index (χ0n) is 35.3. The largest absolute Gasteiger partial charge is 0.463 e. The van der Waals surface area contributed by atoms with Crippen LogP contribution in [0.1, 0.15) is 213 Å². The summed E-state index contributed by atoms with van der Waals surface area (Å²) in [6.07, 6.45) is 51.9. The topological polar surface area (TPSA) is 93.1 Å². The Morgan fingerprint density at radius 3 is 1.26 bits per heavy atom. The molecule has 0 aromatic rings. The van der Waals surface area contributed by atoms with E-state index in [1.807, 2.05) is 0 Å². The monoisotopic (exact) mass is 759 g/mol. The lowest BCUT2D eigenvalue weighted by Crippen LogP contribution is -2.25. The molecule has 6 nitrogen and oxygen atoms in total. The summed E-state index contributed by atoms with van der Waals surface area (Å²) in [6, 6.07) is 0. The van der Waals surface area contributed by atoms with E-state index < -0.39 is 6.10 Å². The highest BCUT2D eigenvalue weighted by molar-refractivity contribution is 5.69. The van der Waals surface area contributed by atoms with Gasteiger partial charge in [-0.2, -0.15) is 0 Å². The van der Waals surface area contributed by atoms with Crippen LogP contribution in [0.25, 0.3) is 0 Å². The molecule has 0 saturated carbocycles. The number of allylic oxidation sites excluding steroid dienone is 8. The molecule has 0 radical (unpaired) electrons. The SMILES string of the molecule is CCC(C)CCCCCCCCCCCCCCCCCCCCC(=O)OC[C@H](O)COC(=O)CCC/C=C\C/C=C\C/C=C\C/C=C\CCCCCO. The van der Waals surface area contributed by atoms with Gasteiger partial charge in [0.25, 0.3) is 0 Å². The normalized spacial score (nSPS) is 13.2. The summed E-state index contributed by atoms with van der Waals surface area (Å²) in [4.78, 5) is 24.0. The summed E-state index contributed by atoms with van der Waals surface area (Å²) >= 11 is 0. The standard InChI is InChI=1S/C48H86O6/c1-3-45(2)39-35-31-27-23-19-15-11-7-4-5-8-12-16-20-24-28-32-36-40-47(51)53-43-46(50)44-54-48(52)41-37-33-29-25-21-17-13-9-6-10-14-18-22-26-30-34-38-42-49/h6,10,13,17-18,22,25,29,45-46,49-50H,3-5,7-9,11-12,14-16,19-21,23-24,26-28,30-44H2,1-2H3/b10-6-,17-13-,22-18-,29-25-/t45?,46-/m0/s1. The molecule has 314 valence electrons. The second-order valence-electron chi connectivity index (χ2n) is 15.5. The van der Waals surface area contributed by atoms with E-state index in [1.165, 1.54) is 109 Å². The quantitative estimate of drug-likeness (QED) is 0.0366. The first kappa shape index (κ1) is 51.8. The lowest BCUT2D eigenvalue weighted by atomic mass is 9.99. The molecule has 0 rings (SSSR count). The number of hydrogen-bond donors (Lipinski definition) is 2. The maximum absolute atomic E-state index is 12.0. The molecule has 0 amide bonds. The summed E-state index contributed by atoms with van der Waals surface area (Å²) in [5.41, 5.74) is 0. The number of unbranched alkanes of at least 4 members (excludes halogenated alkanes) is 21. The number of esters is 2. The molecule has 2 atom stereocenters. The molecular weight excluding hydrogens is 673 g/mol. The molecule has 54 heavy (non-hydrogen) atoms. The van der Waals surface area contributed by atoms with Crippen molar-refractivity contribution in [2.24, 2.45) is 5.92 Å². The van der Waals surface area contributed by atoms with Gasteiger partial charge in [-0.1, -0.05) is 191 Å². The molecule has 0 aromatic heterocycles. The second-order valence-corrected chi connectivity index (χ2v) is 15.5. The van der Waals surface area contributed by atoms with Crippen molar-refractivity contribution in [3.8, 4) is 0 Å². The van der Waals surface area contributed by atoms with Crippen molar-refractivity contribution in [3.63, 3.8) is 0 Å². The van der Waals surface area contributed by atoms with Gasteiger partial charge < -0.3 is 19.7 Å². The molecule has 0 aliphatic heterocycles. The minimum atomic E-state index is -0.993. The Morgan fingerprint density at radius 2 is 0.833 bits per heavy atom. The predicted octanol–water partition coefficient (Wildman–Crippen LogP) is 13.4. The van der Waals surface area contributed by atoms with Crippen LogP contribution in [-0.2, 0) is 19.1 Å². The van der Waals surface area contributed by atoms with E-state index >= 15 is 0 Å². The Bertz CT molecular complexity index is 922. The highest BCUT2D eigenvalue weighted by Crippen LogP contribution is 2.17. The smallest absolute Gasteiger partial charge is 0.305 e. The lowest BCUT2D eigenvalue weighted by Gasteiger charge is -2.12. The Hall–Kier alpha value is -2.18. The van der Waals surface area contributed by atoms with E-state index in [1.54, 1.807) is 0 Å². The van der Waals surface area contributed by atoms with Crippen LogP contribution in [0.15, 0.2) is 48.6 Å². The van der Waals surface area contributed by atoms with Gasteiger partial charge in [0.1, 0.15) is 19.3 Å². The van der Waals surface area contributed by atoms with Crippen molar-refractivity contribution in [1.29, 1.82) is 0 Å². The molecule has 0 aliphatic carbocycles. The van der Waals surface area contributed by atoms with Crippen LogP contribution in [0.5, 0.6) is 0 Å². The van der Waals surface area contributed by atoms with E-state index in [0.29, 0.717) is 25.9 Å². The van der Waals surface area contributed by atoms with Gasteiger partial charge in [-0.05, 0) is 63.7 Å². The second kappa shape index (κ2) is 43.5. The van der Waals surface area contributed by atoms with E-state index in [-0.39, 0.29) is 25.2 Å². The molecule has 1 unspecified atom stereocenters. The van der Waals surface area contributed by atoms with Crippen molar-refractivity contribution in [2.45, 2.75) is 219 Å². The molecule has 0 heterocycles. The molecular formula is C48H86O6.